The van der Waals surface area contributed by atoms with Gasteiger partial charge in [-0.15, -0.1) is 0 Å². The fourth-order valence-corrected chi connectivity index (χ4v) is 4.49. The average Bonchev–Trinajstić information content (AvgIpc) is 3.18. The third kappa shape index (κ3) is 3.13. The number of nitrogens with zero attached hydrogens (tertiary/aromatic N) is 5. The number of carbonyl (C=O) groups excluding carboxylic acids is 1. The van der Waals surface area contributed by atoms with Crippen LogP contribution in [-0.4, -0.2) is 43.4 Å². The number of rotatable bonds is 3. The van der Waals surface area contributed by atoms with Crippen molar-refractivity contribution in [3.05, 3.63) is 47.4 Å². The number of hydrogen-bond acceptors (Lipinski definition) is 6. The fraction of sp³-hybridized carbons (Fsp3) is 0.333. The molecule has 160 valence electrons. The molecule has 1 aliphatic carbocycles. The minimum Gasteiger partial charge on any atom is -0.383 e. The van der Waals surface area contributed by atoms with Gasteiger partial charge in [0.15, 0.2) is 5.78 Å². The second-order valence-corrected chi connectivity index (χ2v) is 8.69. The first-order valence-electron chi connectivity index (χ1n) is 11.0. The molecule has 6 rings (SSSR count). The van der Waals surface area contributed by atoms with Crippen molar-refractivity contribution in [2.24, 2.45) is 13.0 Å². The van der Waals surface area contributed by atoms with Crippen molar-refractivity contribution >= 4 is 33.4 Å². The third-order valence-electron chi connectivity index (χ3n) is 6.30. The lowest BCUT2D eigenvalue weighted by atomic mass is 10.0. The summed E-state index contributed by atoms with van der Waals surface area (Å²) in [5.74, 6) is 6.99. The van der Waals surface area contributed by atoms with Gasteiger partial charge in [-0.1, -0.05) is 5.92 Å². The van der Waals surface area contributed by atoms with Crippen LogP contribution in [0.25, 0.3) is 21.8 Å². The van der Waals surface area contributed by atoms with Crippen LogP contribution in [0.1, 0.15) is 46.9 Å². The van der Waals surface area contributed by atoms with Crippen molar-refractivity contribution in [2.45, 2.75) is 25.3 Å². The van der Waals surface area contributed by atoms with Crippen LogP contribution in [0.4, 0.5) is 5.82 Å². The van der Waals surface area contributed by atoms with Crippen molar-refractivity contribution in [3.63, 3.8) is 0 Å². The van der Waals surface area contributed by atoms with Crippen molar-refractivity contribution in [1.29, 1.82) is 0 Å². The molecule has 3 aromatic heterocycles. The van der Waals surface area contributed by atoms with E-state index < -0.39 is 0 Å². The van der Waals surface area contributed by atoms with Gasteiger partial charge in [-0.05, 0) is 49.9 Å². The summed E-state index contributed by atoms with van der Waals surface area (Å²) in [6.07, 6.45) is 6.41. The minimum atomic E-state index is 0.0910. The van der Waals surface area contributed by atoms with Gasteiger partial charge < -0.3 is 11.1 Å². The lowest BCUT2D eigenvalue weighted by Gasteiger charge is -2.13. The predicted octanol–water partition coefficient (Wildman–Crippen LogP) is 2.43. The van der Waals surface area contributed by atoms with Gasteiger partial charge in [-0.25, -0.2) is 4.98 Å². The molecule has 0 bridgehead atoms. The van der Waals surface area contributed by atoms with Crippen molar-refractivity contribution < 1.29 is 4.79 Å². The number of Topliss-reactive ketones (excluding diaryl/α,β-unsaturated/α-hetero) is 1. The molecule has 2 aliphatic rings. The monoisotopic (exact) mass is 425 g/mol. The molecule has 4 heterocycles. The SMILES string of the molecule is Cn1cc2ccc(C#Cc3nn(C4CCNC4)c4c(C(=O)C5CC5)cnc(N)c34)cc2n1. The number of anilines is 1. The fourth-order valence-electron chi connectivity index (χ4n) is 4.49. The largest absolute Gasteiger partial charge is 0.383 e. The summed E-state index contributed by atoms with van der Waals surface area (Å²) in [6, 6.07) is 6.10. The van der Waals surface area contributed by atoms with Crippen LogP contribution in [0.15, 0.2) is 30.6 Å². The molecule has 1 unspecified atom stereocenters. The standard InChI is InChI=1S/C24H23N7O/c1-30-13-16-4-2-14(10-20(16)28-30)3-7-19-21-22(31(29-19)17-8-9-26-11-17)18(12-27-24(21)25)23(32)15-5-6-15/h2,4,10,12-13,15,17,26H,5-6,8-9,11H2,1H3,(H2,25,27). The van der Waals surface area contributed by atoms with Crippen LogP contribution in [0, 0.1) is 17.8 Å². The summed E-state index contributed by atoms with van der Waals surface area (Å²) in [6.45, 7) is 1.73. The quantitative estimate of drug-likeness (QED) is 0.386. The third-order valence-corrected chi connectivity index (χ3v) is 6.30. The summed E-state index contributed by atoms with van der Waals surface area (Å²) < 4.78 is 3.74. The smallest absolute Gasteiger partial charge is 0.169 e. The number of nitrogen functional groups attached to an aromatic ring is 1. The topological polar surface area (TPSA) is 104 Å². The average molecular weight is 425 g/mol. The Balaban J connectivity index is 1.51. The van der Waals surface area contributed by atoms with Gasteiger partial charge in [0.05, 0.1) is 28.0 Å². The molecule has 3 N–H and O–H groups in total. The minimum absolute atomic E-state index is 0.0910. The summed E-state index contributed by atoms with van der Waals surface area (Å²) in [5, 5.41) is 14.4. The van der Waals surface area contributed by atoms with Gasteiger partial charge in [-0.3, -0.25) is 14.2 Å². The molecule has 1 saturated carbocycles. The van der Waals surface area contributed by atoms with E-state index in [4.69, 9.17) is 10.8 Å². The zero-order valence-electron chi connectivity index (χ0n) is 17.8. The Morgan fingerprint density at radius 1 is 1.22 bits per heavy atom. The zero-order valence-corrected chi connectivity index (χ0v) is 17.8. The molecular weight excluding hydrogens is 402 g/mol. The van der Waals surface area contributed by atoms with E-state index in [1.807, 2.05) is 36.1 Å². The van der Waals surface area contributed by atoms with Gasteiger partial charge in [0, 0.05) is 42.9 Å². The first kappa shape index (κ1) is 19.0. The molecule has 32 heavy (non-hydrogen) atoms. The molecule has 0 spiro atoms. The predicted molar refractivity (Wildman–Crippen MR) is 122 cm³/mol. The van der Waals surface area contributed by atoms with Crippen molar-refractivity contribution in [1.82, 2.24) is 29.9 Å². The number of nitrogens with two attached hydrogens (primary N) is 1. The molecule has 8 heteroatoms. The van der Waals surface area contributed by atoms with E-state index in [1.54, 1.807) is 10.9 Å². The molecule has 1 aliphatic heterocycles. The lowest BCUT2D eigenvalue weighted by Crippen LogP contribution is -2.16. The maximum Gasteiger partial charge on any atom is 0.169 e. The van der Waals surface area contributed by atoms with Crippen LogP contribution in [0.2, 0.25) is 0 Å². The Morgan fingerprint density at radius 2 is 2.09 bits per heavy atom. The molecule has 1 aromatic carbocycles. The molecule has 1 saturated heterocycles. The molecule has 8 nitrogen and oxygen atoms in total. The second kappa shape index (κ2) is 7.18. The molecule has 0 radical (unpaired) electrons. The number of nitrogens with one attached hydrogen (secondary N) is 1. The van der Waals surface area contributed by atoms with Gasteiger partial charge in [-0.2, -0.15) is 10.2 Å². The Labute approximate surface area is 184 Å². The lowest BCUT2D eigenvalue weighted by molar-refractivity contribution is 0.0968. The molecular formula is C24H23N7O. The zero-order chi connectivity index (χ0) is 21.8. The van der Waals surface area contributed by atoms with E-state index >= 15 is 0 Å². The van der Waals surface area contributed by atoms with Crippen LogP contribution < -0.4 is 11.1 Å². The molecule has 1 atom stereocenters. The molecule has 0 amide bonds. The first-order valence-corrected chi connectivity index (χ1v) is 11.0. The number of benzene rings is 1. The number of aryl methyl sites for hydroxylation is 1. The maximum absolute atomic E-state index is 13.0. The van der Waals surface area contributed by atoms with Gasteiger partial charge in [0.25, 0.3) is 0 Å². The number of pyridine rings is 1. The highest BCUT2D eigenvalue weighted by Crippen LogP contribution is 2.37. The number of fused-ring (bicyclic) bond motifs is 2. The van der Waals surface area contributed by atoms with Crippen LogP contribution >= 0.6 is 0 Å². The van der Waals surface area contributed by atoms with Gasteiger partial charge in [0.2, 0.25) is 0 Å². The number of aromatic nitrogens is 5. The summed E-state index contributed by atoms with van der Waals surface area (Å²) >= 11 is 0. The maximum atomic E-state index is 13.0. The number of ketones is 1. The number of hydrogen-bond donors (Lipinski definition) is 2. The van der Waals surface area contributed by atoms with Crippen LogP contribution in [-0.2, 0) is 7.05 Å². The molecule has 2 fully saturated rings. The first-order chi connectivity index (χ1) is 15.6. The number of carbonyl (C=O) groups is 1. The van der Waals surface area contributed by atoms with E-state index in [1.165, 1.54) is 0 Å². The normalized spacial score (nSPS) is 18.2. The Kier molecular flexibility index (Phi) is 4.26. The van der Waals surface area contributed by atoms with Gasteiger partial charge in [0.1, 0.15) is 11.5 Å². The van der Waals surface area contributed by atoms with Crippen LogP contribution in [0.5, 0.6) is 0 Å². The van der Waals surface area contributed by atoms with Crippen molar-refractivity contribution in [2.75, 3.05) is 18.8 Å². The highest BCUT2D eigenvalue weighted by molar-refractivity contribution is 6.11. The Bertz CT molecular complexity index is 1440. The second-order valence-electron chi connectivity index (χ2n) is 8.69. The summed E-state index contributed by atoms with van der Waals surface area (Å²) in [7, 11) is 1.90. The highest BCUT2D eigenvalue weighted by Gasteiger charge is 2.34. The highest BCUT2D eigenvalue weighted by atomic mass is 16.1. The molecule has 4 aromatic rings. The summed E-state index contributed by atoms with van der Waals surface area (Å²) in [5.41, 5.74) is 9.98. The Hall–Kier alpha value is -3.70. The van der Waals surface area contributed by atoms with E-state index in [0.29, 0.717) is 22.5 Å². The van der Waals surface area contributed by atoms with E-state index in [9.17, 15) is 4.79 Å². The van der Waals surface area contributed by atoms with Gasteiger partial charge >= 0.3 is 0 Å². The Morgan fingerprint density at radius 3 is 2.88 bits per heavy atom. The van der Waals surface area contributed by atoms with Crippen molar-refractivity contribution in [3.8, 4) is 11.8 Å². The van der Waals surface area contributed by atoms with E-state index in [-0.39, 0.29) is 17.7 Å². The van der Waals surface area contributed by atoms with E-state index in [2.05, 4.69) is 27.2 Å². The van der Waals surface area contributed by atoms with E-state index in [0.717, 1.165) is 54.3 Å². The summed E-state index contributed by atoms with van der Waals surface area (Å²) in [4.78, 5) is 17.4. The van der Waals surface area contributed by atoms with Crippen LogP contribution in [0.3, 0.4) is 0 Å².